The number of para-hydroxylation sites is 1. The fourth-order valence-corrected chi connectivity index (χ4v) is 4.65. The molecule has 2 saturated heterocycles. The molecule has 0 spiro atoms. The van der Waals surface area contributed by atoms with Gasteiger partial charge >= 0.3 is 0 Å². The predicted molar refractivity (Wildman–Crippen MR) is 107 cm³/mol. The molecular formula is C22H32N4. The van der Waals surface area contributed by atoms with Crippen molar-refractivity contribution in [1.29, 1.82) is 0 Å². The highest BCUT2D eigenvalue weighted by molar-refractivity contribution is 5.53. The molecule has 2 aliphatic rings. The van der Waals surface area contributed by atoms with E-state index >= 15 is 0 Å². The molecule has 4 nitrogen and oxygen atoms in total. The van der Waals surface area contributed by atoms with Crippen LogP contribution in [0.25, 0.3) is 0 Å². The molecule has 2 aliphatic heterocycles. The zero-order valence-electron chi connectivity index (χ0n) is 16.1. The Bertz CT molecular complexity index is 702. The summed E-state index contributed by atoms with van der Waals surface area (Å²) in [5, 5.41) is 0. The lowest BCUT2D eigenvalue weighted by atomic mass is 9.97. The van der Waals surface area contributed by atoms with E-state index in [0.717, 1.165) is 24.8 Å². The van der Waals surface area contributed by atoms with Gasteiger partial charge in [-0.3, -0.25) is 4.90 Å². The zero-order chi connectivity index (χ0) is 17.8. The SMILES string of the molecule is Cc1nccn1C[C@@H]1CCCN(Cc2ccccc2N2CCCCC2)C1. The average Bonchev–Trinajstić information content (AvgIpc) is 3.08. The molecule has 1 aromatic heterocycles. The number of anilines is 1. The summed E-state index contributed by atoms with van der Waals surface area (Å²) >= 11 is 0. The summed E-state index contributed by atoms with van der Waals surface area (Å²) in [6.45, 7) is 9.18. The van der Waals surface area contributed by atoms with E-state index in [4.69, 9.17) is 0 Å². The van der Waals surface area contributed by atoms with E-state index in [9.17, 15) is 0 Å². The van der Waals surface area contributed by atoms with Crippen molar-refractivity contribution in [3.05, 3.63) is 48.0 Å². The molecule has 26 heavy (non-hydrogen) atoms. The Balaban J connectivity index is 1.41. The van der Waals surface area contributed by atoms with Crippen molar-refractivity contribution in [3.63, 3.8) is 0 Å². The van der Waals surface area contributed by atoms with Gasteiger partial charge in [0.15, 0.2) is 0 Å². The molecule has 1 aromatic carbocycles. The van der Waals surface area contributed by atoms with Crippen LogP contribution < -0.4 is 4.90 Å². The van der Waals surface area contributed by atoms with E-state index in [-0.39, 0.29) is 0 Å². The van der Waals surface area contributed by atoms with Gasteiger partial charge in [-0.1, -0.05) is 18.2 Å². The van der Waals surface area contributed by atoms with Crippen molar-refractivity contribution in [1.82, 2.24) is 14.5 Å². The molecule has 0 unspecified atom stereocenters. The van der Waals surface area contributed by atoms with Gasteiger partial charge in [0.25, 0.3) is 0 Å². The molecule has 0 N–H and O–H groups in total. The summed E-state index contributed by atoms with van der Waals surface area (Å²) in [5.41, 5.74) is 2.98. The van der Waals surface area contributed by atoms with E-state index in [0.29, 0.717) is 0 Å². The Hall–Kier alpha value is -1.81. The number of imidazole rings is 1. The fourth-order valence-electron chi connectivity index (χ4n) is 4.65. The van der Waals surface area contributed by atoms with Crippen molar-refractivity contribution in [2.24, 2.45) is 5.92 Å². The van der Waals surface area contributed by atoms with E-state index in [1.165, 1.54) is 69.5 Å². The lowest BCUT2D eigenvalue weighted by Crippen LogP contribution is -2.37. The number of aromatic nitrogens is 2. The minimum Gasteiger partial charge on any atom is -0.371 e. The maximum Gasteiger partial charge on any atom is 0.105 e. The van der Waals surface area contributed by atoms with Crippen molar-refractivity contribution >= 4 is 5.69 Å². The number of hydrogen-bond acceptors (Lipinski definition) is 3. The number of nitrogens with zero attached hydrogens (tertiary/aromatic N) is 4. The standard InChI is InChI=1S/C22H32N4/c1-19-23-11-15-26(19)17-20-8-7-12-24(16-20)18-21-9-3-4-10-22(21)25-13-5-2-6-14-25/h3-4,9-11,15,20H,2,5-8,12-14,16-18H2,1H3/t20-/m1/s1. The summed E-state index contributed by atoms with van der Waals surface area (Å²) in [7, 11) is 0. The van der Waals surface area contributed by atoms with Gasteiger partial charge < -0.3 is 9.47 Å². The summed E-state index contributed by atoms with van der Waals surface area (Å²) in [6.07, 6.45) is 10.8. The molecule has 0 amide bonds. The maximum absolute atomic E-state index is 4.38. The lowest BCUT2D eigenvalue weighted by Gasteiger charge is -2.35. The van der Waals surface area contributed by atoms with Gasteiger partial charge in [-0.2, -0.15) is 0 Å². The fraction of sp³-hybridized carbons (Fsp3) is 0.591. The predicted octanol–water partition coefficient (Wildman–Crippen LogP) is 4.09. The van der Waals surface area contributed by atoms with E-state index in [2.05, 4.69) is 56.7 Å². The number of aryl methyl sites for hydroxylation is 1. The number of likely N-dealkylation sites (tertiary alicyclic amines) is 1. The third-order valence-corrected chi connectivity index (χ3v) is 6.06. The highest BCUT2D eigenvalue weighted by Crippen LogP contribution is 2.27. The van der Waals surface area contributed by atoms with E-state index < -0.39 is 0 Å². The van der Waals surface area contributed by atoms with Gasteiger partial charge in [0, 0.05) is 50.8 Å². The molecule has 4 heteroatoms. The second-order valence-corrected chi connectivity index (χ2v) is 8.05. The topological polar surface area (TPSA) is 24.3 Å². The van der Waals surface area contributed by atoms with E-state index in [1.54, 1.807) is 0 Å². The van der Waals surface area contributed by atoms with Crippen molar-refractivity contribution in [2.75, 3.05) is 31.1 Å². The van der Waals surface area contributed by atoms with Crippen LogP contribution in [0.15, 0.2) is 36.7 Å². The molecule has 3 heterocycles. The lowest BCUT2D eigenvalue weighted by molar-refractivity contribution is 0.155. The minimum absolute atomic E-state index is 0.735. The molecular weight excluding hydrogens is 320 g/mol. The first-order valence-corrected chi connectivity index (χ1v) is 10.3. The van der Waals surface area contributed by atoms with Crippen LogP contribution in [0.5, 0.6) is 0 Å². The van der Waals surface area contributed by atoms with Gasteiger partial charge in [0.2, 0.25) is 0 Å². The van der Waals surface area contributed by atoms with Crippen LogP contribution in [-0.2, 0) is 13.1 Å². The van der Waals surface area contributed by atoms with Crippen LogP contribution >= 0.6 is 0 Å². The van der Waals surface area contributed by atoms with Gasteiger partial charge in [-0.15, -0.1) is 0 Å². The largest absolute Gasteiger partial charge is 0.371 e. The molecule has 2 fully saturated rings. The number of hydrogen-bond donors (Lipinski definition) is 0. The maximum atomic E-state index is 4.38. The van der Waals surface area contributed by atoms with Crippen LogP contribution in [0, 0.1) is 12.8 Å². The molecule has 2 aromatic rings. The van der Waals surface area contributed by atoms with Gasteiger partial charge in [0.05, 0.1) is 0 Å². The second-order valence-electron chi connectivity index (χ2n) is 8.05. The van der Waals surface area contributed by atoms with Crippen LogP contribution in [0.3, 0.4) is 0 Å². The molecule has 0 radical (unpaired) electrons. The quantitative estimate of drug-likeness (QED) is 0.810. The van der Waals surface area contributed by atoms with Crippen molar-refractivity contribution < 1.29 is 0 Å². The highest BCUT2D eigenvalue weighted by atomic mass is 15.2. The Morgan fingerprint density at radius 2 is 1.88 bits per heavy atom. The Labute approximate surface area is 157 Å². The van der Waals surface area contributed by atoms with Gasteiger partial charge in [0.1, 0.15) is 5.82 Å². The van der Waals surface area contributed by atoms with Gasteiger partial charge in [-0.25, -0.2) is 4.98 Å². The van der Waals surface area contributed by atoms with Crippen LogP contribution in [0.4, 0.5) is 5.69 Å². The van der Waals surface area contributed by atoms with Crippen LogP contribution in [0.1, 0.15) is 43.5 Å². The first-order valence-electron chi connectivity index (χ1n) is 10.3. The summed E-state index contributed by atoms with van der Waals surface area (Å²) in [5.74, 6) is 1.87. The smallest absolute Gasteiger partial charge is 0.105 e. The number of piperidine rings is 2. The average molecular weight is 353 g/mol. The normalized spacial score (nSPS) is 21.9. The molecule has 4 rings (SSSR count). The van der Waals surface area contributed by atoms with Crippen molar-refractivity contribution in [2.45, 2.75) is 52.1 Å². The zero-order valence-corrected chi connectivity index (χ0v) is 16.1. The Morgan fingerprint density at radius 1 is 1.04 bits per heavy atom. The third kappa shape index (κ3) is 4.12. The molecule has 0 bridgehead atoms. The number of rotatable bonds is 5. The Morgan fingerprint density at radius 3 is 2.69 bits per heavy atom. The minimum atomic E-state index is 0.735. The third-order valence-electron chi connectivity index (χ3n) is 6.06. The molecule has 1 atom stereocenters. The number of benzene rings is 1. The summed E-state index contributed by atoms with van der Waals surface area (Å²) in [6, 6.07) is 9.08. The molecule has 0 aliphatic carbocycles. The van der Waals surface area contributed by atoms with Gasteiger partial charge in [-0.05, 0) is 63.1 Å². The van der Waals surface area contributed by atoms with Crippen LogP contribution in [0.2, 0.25) is 0 Å². The first kappa shape index (κ1) is 17.6. The van der Waals surface area contributed by atoms with E-state index in [1.807, 2.05) is 6.20 Å². The summed E-state index contributed by atoms with van der Waals surface area (Å²) < 4.78 is 2.32. The first-order chi connectivity index (χ1) is 12.8. The van der Waals surface area contributed by atoms with Crippen LogP contribution in [-0.4, -0.2) is 40.6 Å². The van der Waals surface area contributed by atoms with Crippen molar-refractivity contribution in [3.8, 4) is 0 Å². The Kier molecular flexibility index (Phi) is 5.59. The monoisotopic (exact) mass is 352 g/mol. The molecule has 0 saturated carbocycles. The highest BCUT2D eigenvalue weighted by Gasteiger charge is 2.22. The summed E-state index contributed by atoms with van der Waals surface area (Å²) in [4.78, 5) is 9.65. The second kappa shape index (κ2) is 8.26. The molecule has 140 valence electrons.